The summed E-state index contributed by atoms with van der Waals surface area (Å²) in [5.41, 5.74) is 0.130. The monoisotopic (exact) mass is 469 g/mol. The van der Waals surface area contributed by atoms with Crippen LogP contribution in [0.4, 0.5) is 18.9 Å². The summed E-state index contributed by atoms with van der Waals surface area (Å²) in [6.45, 7) is -1.77. The minimum atomic E-state index is -4.50. The summed E-state index contributed by atoms with van der Waals surface area (Å²) in [5.74, 6) is 0. The van der Waals surface area contributed by atoms with Crippen molar-refractivity contribution in [2.45, 2.75) is 19.4 Å². The van der Waals surface area contributed by atoms with Crippen molar-refractivity contribution in [3.63, 3.8) is 0 Å². The number of nitro benzene ring substituents is 1. The normalized spacial score (nSPS) is 11.9. The molecule has 0 aliphatic heterocycles. The first-order chi connectivity index (χ1) is 13.7. The van der Waals surface area contributed by atoms with Crippen LogP contribution in [0.25, 0.3) is 10.9 Å². The molecule has 0 saturated carbocycles. The average Bonchev–Trinajstić information content (AvgIpc) is 2.63. The van der Waals surface area contributed by atoms with E-state index in [2.05, 4.69) is 15.9 Å². The van der Waals surface area contributed by atoms with E-state index in [1.807, 2.05) is 0 Å². The van der Waals surface area contributed by atoms with Crippen LogP contribution >= 0.6 is 15.9 Å². The van der Waals surface area contributed by atoms with Gasteiger partial charge in [0.1, 0.15) is 0 Å². The van der Waals surface area contributed by atoms with Crippen molar-refractivity contribution in [3.8, 4) is 0 Å². The second-order valence-corrected chi connectivity index (χ2v) is 7.27. The fourth-order valence-corrected chi connectivity index (χ4v) is 3.73. The molecular weight excluding hydrogens is 455 g/mol. The van der Waals surface area contributed by atoms with E-state index >= 15 is 0 Å². The largest absolute Gasteiger partial charge is 0.401 e. The van der Waals surface area contributed by atoms with E-state index in [9.17, 15) is 28.1 Å². The molecule has 0 amide bonds. The summed E-state index contributed by atoms with van der Waals surface area (Å²) in [7, 11) is 0. The number of rotatable bonds is 6. The van der Waals surface area contributed by atoms with Gasteiger partial charge in [0.05, 0.1) is 23.7 Å². The van der Waals surface area contributed by atoms with Crippen LogP contribution in [-0.2, 0) is 13.2 Å². The van der Waals surface area contributed by atoms with Gasteiger partial charge in [-0.2, -0.15) is 13.2 Å². The minimum absolute atomic E-state index is 0.172. The number of aromatic nitrogens is 1. The van der Waals surface area contributed by atoms with Gasteiger partial charge in [-0.05, 0) is 28.1 Å². The standard InChI is InChI=1S/C19H15BrF3N3O3/c20-15-6-3-5-14-17(27)8-9-25(18(14)15)12-24(11-19(21,22)23)10-13-4-1-2-7-16(13)26(28)29/h1-9H,10-12H2. The third-order valence-electron chi connectivity index (χ3n) is 4.28. The number of halogens is 4. The minimum Gasteiger partial charge on any atom is -0.333 e. The number of benzene rings is 2. The predicted octanol–water partition coefficient (Wildman–Crippen LogP) is 4.69. The van der Waals surface area contributed by atoms with Gasteiger partial charge in [0, 0.05) is 40.3 Å². The predicted molar refractivity (Wildman–Crippen MR) is 105 cm³/mol. The number of nitrogens with zero attached hydrogens (tertiary/aromatic N) is 3. The van der Waals surface area contributed by atoms with Crippen molar-refractivity contribution >= 4 is 32.5 Å². The molecule has 0 spiro atoms. The Morgan fingerprint density at radius 2 is 1.83 bits per heavy atom. The van der Waals surface area contributed by atoms with Crippen LogP contribution in [0.15, 0.2) is 64.0 Å². The van der Waals surface area contributed by atoms with Gasteiger partial charge in [0.25, 0.3) is 5.69 Å². The highest BCUT2D eigenvalue weighted by atomic mass is 79.9. The first-order valence-electron chi connectivity index (χ1n) is 8.45. The van der Waals surface area contributed by atoms with Gasteiger partial charge in [0.15, 0.2) is 5.43 Å². The topological polar surface area (TPSA) is 68.4 Å². The highest BCUT2D eigenvalue weighted by molar-refractivity contribution is 9.10. The molecule has 0 saturated heterocycles. The number of fused-ring (bicyclic) bond motifs is 1. The van der Waals surface area contributed by atoms with Crippen LogP contribution in [-0.4, -0.2) is 27.1 Å². The van der Waals surface area contributed by atoms with Gasteiger partial charge in [-0.25, -0.2) is 0 Å². The van der Waals surface area contributed by atoms with Crippen LogP contribution in [0.2, 0.25) is 0 Å². The lowest BCUT2D eigenvalue weighted by Crippen LogP contribution is -2.35. The van der Waals surface area contributed by atoms with Gasteiger partial charge in [0.2, 0.25) is 0 Å². The van der Waals surface area contributed by atoms with Crippen LogP contribution in [0.5, 0.6) is 0 Å². The number of pyridine rings is 1. The Hall–Kier alpha value is -2.72. The highest BCUT2D eigenvalue weighted by Crippen LogP contribution is 2.26. The number of hydrogen-bond acceptors (Lipinski definition) is 4. The molecule has 0 fully saturated rings. The van der Waals surface area contributed by atoms with Gasteiger partial charge in [-0.1, -0.05) is 24.3 Å². The molecule has 1 aromatic heterocycles. The second-order valence-electron chi connectivity index (χ2n) is 6.42. The third-order valence-corrected chi connectivity index (χ3v) is 4.92. The Labute approximate surface area is 171 Å². The number of para-hydroxylation sites is 2. The molecule has 0 radical (unpaired) electrons. The Balaban J connectivity index is 2.02. The quantitative estimate of drug-likeness (QED) is 0.387. The lowest BCUT2D eigenvalue weighted by molar-refractivity contribution is -0.385. The molecule has 0 bridgehead atoms. The van der Waals surface area contributed by atoms with Crippen molar-refractivity contribution in [1.29, 1.82) is 0 Å². The molecule has 2 aromatic carbocycles. The van der Waals surface area contributed by atoms with Crippen molar-refractivity contribution < 1.29 is 18.1 Å². The summed E-state index contributed by atoms with van der Waals surface area (Å²) in [6.07, 6.45) is -3.09. The van der Waals surface area contributed by atoms with Gasteiger partial charge < -0.3 is 4.57 Å². The first-order valence-corrected chi connectivity index (χ1v) is 9.24. The molecule has 0 atom stereocenters. The molecule has 0 unspecified atom stereocenters. The lowest BCUT2D eigenvalue weighted by atomic mass is 10.1. The summed E-state index contributed by atoms with van der Waals surface area (Å²) in [6, 6.07) is 11.9. The summed E-state index contributed by atoms with van der Waals surface area (Å²) in [5, 5.41) is 11.6. The van der Waals surface area contributed by atoms with Gasteiger partial charge in [-0.15, -0.1) is 0 Å². The molecule has 0 N–H and O–H groups in total. The van der Waals surface area contributed by atoms with Crippen LogP contribution < -0.4 is 5.43 Å². The molecule has 3 rings (SSSR count). The maximum atomic E-state index is 13.2. The van der Waals surface area contributed by atoms with Crippen molar-refractivity contribution in [1.82, 2.24) is 9.47 Å². The van der Waals surface area contributed by atoms with Crippen molar-refractivity contribution in [3.05, 3.63) is 85.1 Å². The smallest absolute Gasteiger partial charge is 0.333 e. The SMILES string of the molecule is O=c1ccn(CN(Cc2ccccc2[N+](=O)[O-])CC(F)(F)F)c2c(Br)cccc12. The number of hydrogen-bond donors (Lipinski definition) is 0. The molecule has 0 aliphatic carbocycles. The lowest BCUT2D eigenvalue weighted by Gasteiger charge is -2.26. The fraction of sp³-hybridized carbons (Fsp3) is 0.211. The fourth-order valence-electron chi connectivity index (χ4n) is 3.13. The summed E-state index contributed by atoms with van der Waals surface area (Å²) in [4.78, 5) is 23.8. The number of alkyl halides is 3. The molecular formula is C19H15BrF3N3O3. The second kappa shape index (κ2) is 8.34. The Morgan fingerprint density at radius 1 is 1.10 bits per heavy atom. The maximum absolute atomic E-state index is 13.2. The maximum Gasteiger partial charge on any atom is 0.401 e. The van der Waals surface area contributed by atoms with E-state index in [1.54, 1.807) is 24.3 Å². The van der Waals surface area contributed by atoms with E-state index in [0.717, 1.165) is 4.90 Å². The van der Waals surface area contributed by atoms with Gasteiger partial charge >= 0.3 is 6.18 Å². The number of nitro groups is 1. The Bertz CT molecular complexity index is 1120. The highest BCUT2D eigenvalue weighted by Gasteiger charge is 2.32. The third kappa shape index (κ3) is 5.01. The molecule has 10 heteroatoms. The van der Waals surface area contributed by atoms with E-state index in [0.29, 0.717) is 15.4 Å². The Morgan fingerprint density at radius 3 is 2.52 bits per heavy atom. The van der Waals surface area contributed by atoms with Crippen LogP contribution in [0, 0.1) is 10.1 Å². The summed E-state index contributed by atoms with van der Waals surface area (Å²) >= 11 is 3.34. The van der Waals surface area contributed by atoms with E-state index in [-0.39, 0.29) is 29.9 Å². The average molecular weight is 470 g/mol. The van der Waals surface area contributed by atoms with E-state index < -0.39 is 17.6 Å². The zero-order valence-corrected chi connectivity index (χ0v) is 16.5. The summed E-state index contributed by atoms with van der Waals surface area (Å²) < 4.78 is 41.6. The zero-order chi connectivity index (χ0) is 21.2. The Kier molecular flexibility index (Phi) is 6.04. The molecule has 1 heterocycles. The molecule has 152 valence electrons. The van der Waals surface area contributed by atoms with Crippen molar-refractivity contribution in [2.24, 2.45) is 0 Å². The molecule has 3 aromatic rings. The van der Waals surface area contributed by atoms with E-state index in [4.69, 9.17) is 0 Å². The van der Waals surface area contributed by atoms with Gasteiger partial charge in [-0.3, -0.25) is 19.8 Å². The van der Waals surface area contributed by atoms with Crippen LogP contribution in [0.1, 0.15) is 5.56 Å². The van der Waals surface area contributed by atoms with Crippen LogP contribution in [0.3, 0.4) is 0 Å². The molecule has 6 nitrogen and oxygen atoms in total. The van der Waals surface area contributed by atoms with E-state index in [1.165, 1.54) is 35.0 Å². The zero-order valence-electron chi connectivity index (χ0n) is 14.9. The van der Waals surface area contributed by atoms with Crippen molar-refractivity contribution in [2.75, 3.05) is 6.54 Å². The molecule has 0 aliphatic rings. The first kappa shape index (κ1) is 21.0. The molecule has 29 heavy (non-hydrogen) atoms.